The molecule has 2 aliphatic rings. The van der Waals surface area contributed by atoms with Gasteiger partial charge in [-0.05, 0) is 29.7 Å². The molecule has 1 N–H and O–H groups in total. The highest BCUT2D eigenvalue weighted by Crippen LogP contribution is 2.35. The second-order valence-electron chi connectivity index (χ2n) is 6.28. The van der Waals surface area contributed by atoms with Gasteiger partial charge < -0.3 is 14.6 Å². The molecule has 2 aromatic rings. The first-order valence-corrected chi connectivity index (χ1v) is 8.16. The second kappa shape index (κ2) is 6.22. The predicted octanol–water partition coefficient (Wildman–Crippen LogP) is 2.77. The third-order valence-corrected chi connectivity index (χ3v) is 4.51. The Morgan fingerprint density at radius 3 is 2.57 bits per heavy atom. The van der Waals surface area contributed by atoms with Gasteiger partial charge in [-0.1, -0.05) is 36.4 Å². The molecule has 4 heteroatoms. The molecule has 2 aromatic carbocycles. The molecule has 2 aliphatic heterocycles. The van der Waals surface area contributed by atoms with Gasteiger partial charge >= 0.3 is 0 Å². The van der Waals surface area contributed by atoms with E-state index in [1.807, 2.05) is 24.3 Å². The van der Waals surface area contributed by atoms with Gasteiger partial charge in [0, 0.05) is 19.6 Å². The molecule has 2 atom stereocenters. The number of hydrogen-bond acceptors (Lipinski definition) is 4. The summed E-state index contributed by atoms with van der Waals surface area (Å²) >= 11 is 0. The molecule has 1 unspecified atom stereocenters. The van der Waals surface area contributed by atoms with E-state index in [2.05, 4.69) is 29.2 Å². The van der Waals surface area contributed by atoms with Crippen molar-refractivity contribution in [3.05, 3.63) is 59.7 Å². The molecule has 0 spiro atoms. The van der Waals surface area contributed by atoms with Crippen LogP contribution in [-0.2, 0) is 6.54 Å². The van der Waals surface area contributed by atoms with E-state index >= 15 is 0 Å². The van der Waals surface area contributed by atoms with Crippen molar-refractivity contribution >= 4 is 0 Å². The Morgan fingerprint density at radius 2 is 1.83 bits per heavy atom. The van der Waals surface area contributed by atoms with E-state index in [0.717, 1.165) is 43.1 Å². The smallest absolute Gasteiger partial charge is 0.162 e. The summed E-state index contributed by atoms with van der Waals surface area (Å²) in [6.07, 6.45) is 0.653. The highest BCUT2D eigenvalue weighted by molar-refractivity contribution is 5.41. The highest BCUT2D eigenvalue weighted by atomic mass is 16.6. The lowest BCUT2D eigenvalue weighted by molar-refractivity contribution is 0.0913. The van der Waals surface area contributed by atoms with Crippen molar-refractivity contribution in [2.45, 2.75) is 25.2 Å². The molecule has 0 radical (unpaired) electrons. The van der Waals surface area contributed by atoms with Crippen molar-refractivity contribution in [1.29, 1.82) is 0 Å². The molecule has 0 bridgehead atoms. The molecule has 0 saturated carbocycles. The summed E-state index contributed by atoms with van der Waals surface area (Å²) in [5, 5.41) is 9.60. The van der Waals surface area contributed by atoms with Gasteiger partial charge in [-0.3, -0.25) is 4.90 Å². The fraction of sp³-hybridized carbons (Fsp3) is 0.368. The van der Waals surface area contributed by atoms with E-state index in [1.54, 1.807) is 0 Å². The number of likely N-dealkylation sites (tertiary alicyclic amines) is 1. The van der Waals surface area contributed by atoms with Crippen LogP contribution in [0.15, 0.2) is 48.5 Å². The Bertz CT molecular complexity index is 671. The fourth-order valence-electron chi connectivity index (χ4n) is 3.24. The van der Waals surface area contributed by atoms with Crippen molar-refractivity contribution in [1.82, 2.24) is 4.90 Å². The molecular formula is C19H21NO3. The standard InChI is InChI=1S/C19H21NO3/c21-16-9-10-20(12-16)11-14-5-7-15(8-6-14)19-13-22-17-3-1-2-4-18(17)23-19/h1-8,16,19,21H,9-13H2/t16-,19?/m0/s1. The van der Waals surface area contributed by atoms with Gasteiger partial charge in [0.2, 0.25) is 0 Å². The Balaban J connectivity index is 1.42. The second-order valence-corrected chi connectivity index (χ2v) is 6.28. The Kier molecular flexibility index (Phi) is 3.93. The molecule has 4 rings (SSSR count). The van der Waals surface area contributed by atoms with Gasteiger partial charge in [0.05, 0.1) is 6.10 Å². The molecular weight excluding hydrogens is 290 g/mol. The van der Waals surface area contributed by atoms with Crippen LogP contribution >= 0.6 is 0 Å². The van der Waals surface area contributed by atoms with Gasteiger partial charge in [-0.25, -0.2) is 0 Å². The first kappa shape index (κ1) is 14.5. The van der Waals surface area contributed by atoms with Gasteiger partial charge in [0.1, 0.15) is 6.61 Å². The minimum atomic E-state index is -0.165. The van der Waals surface area contributed by atoms with Crippen LogP contribution in [0.5, 0.6) is 11.5 Å². The van der Waals surface area contributed by atoms with Crippen molar-refractivity contribution in [3.63, 3.8) is 0 Å². The Hall–Kier alpha value is -2.04. The fourth-order valence-corrected chi connectivity index (χ4v) is 3.24. The number of aliphatic hydroxyl groups is 1. The maximum absolute atomic E-state index is 9.60. The predicted molar refractivity (Wildman–Crippen MR) is 87.6 cm³/mol. The van der Waals surface area contributed by atoms with Crippen LogP contribution in [0, 0.1) is 0 Å². The van der Waals surface area contributed by atoms with Gasteiger partial charge in [-0.2, -0.15) is 0 Å². The van der Waals surface area contributed by atoms with Crippen LogP contribution in [0.25, 0.3) is 0 Å². The zero-order valence-electron chi connectivity index (χ0n) is 13.0. The number of aliphatic hydroxyl groups excluding tert-OH is 1. The minimum absolute atomic E-state index is 0.0624. The molecule has 2 heterocycles. The topological polar surface area (TPSA) is 41.9 Å². The maximum Gasteiger partial charge on any atom is 0.162 e. The zero-order valence-corrected chi connectivity index (χ0v) is 13.0. The van der Waals surface area contributed by atoms with E-state index in [4.69, 9.17) is 9.47 Å². The number of nitrogens with zero attached hydrogens (tertiary/aromatic N) is 1. The summed E-state index contributed by atoms with van der Waals surface area (Å²) in [7, 11) is 0. The first-order valence-electron chi connectivity index (χ1n) is 8.16. The molecule has 1 fully saturated rings. The normalized spacial score (nSPS) is 23.9. The molecule has 0 aliphatic carbocycles. The van der Waals surface area contributed by atoms with E-state index in [-0.39, 0.29) is 12.2 Å². The lowest BCUT2D eigenvalue weighted by Crippen LogP contribution is -2.22. The summed E-state index contributed by atoms with van der Waals surface area (Å²) in [4.78, 5) is 2.29. The third-order valence-electron chi connectivity index (χ3n) is 4.51. The van der Waals surface area contributed by atoms with Crippen LogP contribution in [0.1, 0.15) is 23.7 Å². The van der Waals surface area contributed by atoms with E-state index in [1.165, 1.54) is 5.56 Å². The molecule has 120 valence electrons. The van der Waals surface area contributed by atoms with Crippen molar-refractivity contribution < 1.29 is 14.6 Å². The van der Waals surface area contributed by atoms with Crippen molar-refractivity contribution in [2.75, 3.05) is 19.7 Å². The molecule has 0 aromatic heterocycles. The summed E-state index contributed by atoms with van der Waals surface area (Å²) in [5.41, 5.74) is 2.39. The lowest BCUT2D eigenvalue weighted by Gasteiger charge is -2.26. The summed E-state index contributed by atoms with van der Waals surface area (Å²) < 4.78 is 11.8. The minimum Gasteiger partial charge on any atom is -0.485 e. The largest absolute Gasteiger partial charge is 0.485 e. The summed E-state index contributed by atoms with van der Waals surface area (Å²) in [6, 6.07) is 16.3. The van der Waals surface area contributed by atoms with E-state index in [0.29, 0.717) is 6.61 Å². The van der Waals surface area contributed by atoms with Crippen LogP contribution in [-0.4, -0.2) is 35.8 Å². The number of hydrogen-bond donors (Lipinski definition) is 1. The highest BCUT2D eigenvalue weighted by Gasteiger charge is 2.23. The molecule has 4 nitrogen and oxygen atoms in total. The number of ether oxygens (including phenoxy) is 2. The van der Waals surface area contributed by atoms with E-state index < -0.39 is 0 Å². The SMILES string of the molecule is O[C@H]1CCN(Cc2ccc(C3COc4ccccc4O3)cc2)C1. The van der Waals surface area contributed by atoms with Gasteiger partial charge in [-0.15, -0.1) is 0 Å². The number of fused-ring (bicyclic) bond motifs is 1. The van der Waals surface area contributed by atoms with Crippen LogP contribution in [0.3, 0.4) is 0 Å². The quantitative estimate of drug-likeness (QED) is 0.946. The molecule has 0 amide bonds. The van der Waals surface area contributed by atoms with Crippen molar-refractivity contribution in [3.8, 4) is 11.5 Å². The van der Waals surface area contributed by atoms with Gasteiger partial charge in [0.25, 0.3) is 0 Å². The molecule has 1 saturated heterocycles. The number of para-hydroxylation sites is 2. The van der Waals surface area contributed by atoms with Crippen LogP contribution < -0.4 is 9.47 Å². The van der Waals surface area contributed by atoms with Crippen molar-refractivity contribution in [2.24, 2.45) is 0 Å². The van der Waals surface area contributed by atoms with Crippen LogP contribution in [0.4, 0.5) is 0 Å². The third kappa shape index (κ3) is 3.19. The lowest BCUT2D eigenvalue weighted by atomic mass is 10.1. The number of rotatable bonds is 3. The van der Waals surface area contributed by atoms with Gasteiger partial charge in [0.15, 0.2) is 17.6 Å². The summed E-state index contributed by atoms with van der Waals surface area (Å²) in [6.45, 7) is 3.17. The average Bonchev–Trinajstić information content (AvgIpc) is 3.00. The molecule has 23 heavy (non-hydrogen) atoms. The van der Waals surface area contributed by atoms with E-state index in [9.17, 15) is 5.11 Å². The monoisotopic (exact) mass is 311 g/mol. The summed E-state index contributed by atoms with van der Waals surface area (Å²) in [5.74, 6) is 1.62. The average molecular weight is 311 g/mol. The Morgan fingerprint density at radius 1 is 1.04 bits per heavy atom. The number of benzene rings is 2. The number of β-amino-alcohol motifs (C(OH)–C–C–N with tert-alkyl or cyclic N) is 1. The zero-order chi connectivity index (χ0) is 15.6. The van der Waals surface area contributed by atoms with Crippen LogP contribution in [0.2, 0.25) is 0 Å². The first-order chi connectivity index (χ1) is 11.3. The maximum atomic E-state index is 9.60. The Labute approximate surface area is 136 Å².